The molecule has 0 aliphatic rings. The molecule has 1 heterocycles. The molecule has 2 aromatic carbocycles. The SMILES string of the molecule is COc1ccccc1Cc1nc2c(O)ccc(C)c2[nH]1.Cl. The number of H-pyrrole nitrogens is 1. The molecule has 3 rings (SSSR count). The van der Waals surface area contributed by atoms with Gasteiger partial charge in [-0.25, -0.2) is 4.98 Å². The van der Waals surface area contributed by atoms with Crippen molar-refractivity contribution in [1.82, 2.24) is 9.97 Å². The minimum Gasteiger partial charge on any atom is -0.506 e. The molecule has 21 heavy (non-hydrogen) atoms. The van der Waals surface area contributed by atoms with Crippen LogP contribution in [0.4, 0.5) is 0 Å². The molecule has 0 unspecified atom stereocenters. The van der Waals surface area contributed by atoms with E-state index in [9.17, 15) is 5.11 Å². The molecule has 110 valence electrons. The molecule has 0 atom stereocenters. The predicted molar refractivity (Wildman–Crippen MR) is 85.5 cm³/mol. The fourth-order valence-electron chi connectivity index (χ4n) is 2.37. The van der Waals surface area contributed by atoms with Crippen molar-refractivity contribution in [3.63, 3.8) is 0 Å². The Kier molecular flexibility index (Phi) is 4.38. The molecule has 0 fully saturated rings. The second-order valence-corrected chi connectivity index (χ2v) is 4.80. The molecule has 1 aromatic heterocycles. The Hall–Kier alpha value is -2.20. The van der Waals surface area contributed by atoms with Crippen LogP contribution >= 0.6 is 12.4 Å². The average Bonchev–Trinajstić information content (AvgIpc) is 2.89. The number of halogens is 1. The van der Waals surface area contributed by atoms with E-state index in [1.54, 1.807) is 13.2 Å². The lowest BCUT2D eigenvalue weighted by atomic mass is 10.1. The van der Waals surface area contributed by atoms with Crippen LogP contribution in [-0.4, -0.2) is 22.2 Å². The highest BCUT2D eigenvalue weighted by Crippen LogP contribution is 2.27. The second-order valence-electron chi connectivity index (χ2n) is 4.80. The number of phenols is 1. The number of aromatic amines is 1. The van der Waals surface area contributed by atoms with Crippen molar-refractivity contribution >= 4 is 23.4 Å². The zero-order valence-electron chi connectivity index (χ0n) is 11.9. The van der Waals surface area contributed by atoms with Crippen molar-refractivity contribution in [1.29, 1.82) is 0 Å². The van der Waals surface area contributed by atoms with Crippen molar-refractivity contribution in [2.45, 2.75) is 13.3 Å². The van der Waals surface area contributed by atoms with E-state index >= 15 is 0 Å². The van der Waals surface area contributed by atoms with Gasteiger partial charge in [0.15, 0.2) is 0 Å². The van der Waals surface area contributed by atoms with Gasteiger partial charge in [-0.1, -0.05) is 24.3 Å². The second kappa shape index (κ2) is 6.06. The molecule has 0 aliphatic carbocycles. The van der Waals surface area contributed by atoms with Gasteiger partial charge in [0.25, 0.3) is 0 Å². The van der Waals surface area contributed by atoms with E-state index in [2.05, 4.69) is 9.97 Å². The van der Waals surface area contributed by atoms with E-state index in [1.165, 1.54) is 0 Å². The number of rotatable bonds is 3. The number of aromatic nitrogens is 2. The van der Waals surface area contributed by atoms with E-state index in [0.717, 1.165) is 28.2 Å². The van der Waals surface area contributed by atoms with Crippen LogP contribution in [0, 0.1) is 6.92 Å². The Labute approximate surface area is 129 Å². The Morgan fingerprint density at radius 1 is 1.19 bits per heavy atom. The van der Waals surface area contributed by atoms with Gasteiger partial charge in [0.1, 0.15) is 22.8 Å². The van der Waals surface area contributed by atoms with E-state index in [4.69, 9.17) is 4.74 Å². The Morgan fingerprint density at radius 3 is 2.67 bits per heavy atom. The Bertz CT molecular complexity index is 729. The van der Waals surface area contributed by atoms with E-state index in [1.807, 2.05) is 37.3 Å². The van der Waals surface area contributed by atoms with Crippen LogP contribution in [0.25, 0.3) is 11.0 Å². The number of para-hydroxylation sites is 1. The number of benzene rings is 2. The van der Waals surface area contributed by atoms with E-state index in [-0.39, 0.29) is 18.2 Å². The number of imidazole rings is 1. The summed E-state index contributed by atoms with van der Waals surface area (Å²) in [7, 11) is 1.66. The summed E-state index contributed by atoms with van der Waals surface area (Å²) in [6, 6.07) is 11.4. The van der Waals surface area contributed by atoms with Gasteiger partial charge < -0.3 is 14.8 Å². The smallest absolute Gasteiger partial charge is 0.143 e. The van der Waals surface area contributed by atoms with Crippen LogP contribution in [0.15, 0.2) is 36.4 Å². The number of nitrogens with zero attached hydrogens (tertiary/aromatic N) is 1. The third-order valence-electron chi connectivity index (χ3n) is 3.43. The predicted octanol–water partition coefficient (Wildman–Crippen LogP) is 3.60. The average molecular weight is 305 g/mol. The van der Waals surface area contributed by atoms with Crippen LogP contribution in [0.2, 0.25) is 0 Å². The maximum atomic E-state index is 9.87. The molecule has 3 aromatic rings. The minimum atomic E-state index is 0. The summed E-state index contributed by atoms with van der Waals surface area (Å²) in [4.78, 5) is 7.76. The summed E-state index contributed by atoms with van der Waals surface area (Å²) in [5.74, 6) is 1.86. The summed E-state index contributed by atoms with van der Waals surface area (Å²) in [5.41, 5.74) is 3.63. The molecule has 0 amide bonds. The fraction of sp³-hybridized carbons (Fsp3) is 0.188. The molecule has 0 spiro atoms. The van der Waals surface area contributed by atoms with Gasteiger partial charge >= 0.3 is 0 Å². The molecular formula is C16H17ClN2O2. The summed E-state index contributed by atoms with van der Waals surface area (Å²) in [6.45, 7) is 1.99. The minimum absolute atomic E-state index is 0. The topological polar surface area (TPSA) is 58.1 Å². The van der Waals surface area contributed by atoms with Crippen molar-refractivity contribution < 1.29 is 9.84 Å². The largest absolute Gasteiger partial charge is 0.506 e. The number of hydrogen-bond donors (Lipinski definition) is 2. The number of aryl methyl sites for hydroxylation is 1. The number of methoxy groups -OCH3 is 1. The Balaban J connectivity index is 0.00000161. The number of ether oxygens (including phenoxy) is 1. The summed E-state index contributed by atoms with van der Waals surface area (Å²) < 4.78 is 5.35. The van der Waals surface area contributed by atoms with Crippen molar-refractivity contribution in [3.05, 3.63) is 53.3 Å². The summed E-state index contributed by atoms with van der Waals surface area (Å²) >= 11 is 0. The molecule has 0 bridgehead atoms. The van der Waals surface area contributed by atoms with Crippen LogP contribution < -0.4 is 4.74 Å². The van der Waals surface area contributed by atoms with E-state index in [0.29, 0.717) is 11.9 Å². The van der Waals surface area contributed by atoms with Gasteiger partial charge in [-0.3, -0.25) is 0 Å². The molecule has 0 aliphatic heterocycles. The lowest BCUT2D eigenvalue weighted by molar-refractivity contribution is 0.410. The molecule has 0 saturated carbocycles. The summed E-state index contributed by atoms with van der Waals surface area (Å²) in [6.07, 6.45) is 0.636. The molecule has 2 N–H and O–H groups in total. The van der Waals surface area contributed by atoms with Crippen LogP contribution in [0.1, 0.15) is 17.0 Å². The zero-order chi connectivity index (χ0) is 14.1. The lowest BCUT2D eigenvalue weighted by Crippen LogP contribution is -1.94. The fourth-order valence-corrected chi connectivity index (χ4v) is 2.37. The van der Waals surface area contributed by atoms with Gasteiger partial charge in [-0.2, -0.15) is 0 Å². The Morgan fingerprint density at radius 2 is 1.95 bits per heavy atom. The molecule has 4 nitrogen and oxygen atoms in total. The molecule has 5 heteroatoms. The zero-order valence-corrected chi connectivity index (χ0v) is 12.7. The van der Waals surface area contributed by atoms with Gasteiger partial charge in [0.2, 0.25) is 0 Å². The third-order valence-corrected chi connectivity index (χ3v) is 3.43. The highest BCUT2D eigenvalue weighted by atomic mass is 35.5. The standard InChI is InChI=1S/C16H16N2O2.ClH/c1-10-7-8-12(19)16-15(10)17-14(18-16)9-11-5-3-4-6-13(11)20-2;/h3-8,19H,9H2,1-2H3,(H,17,18);1H. The van der Waals surface area contributed by atoms with Crippen LogP contribution in [0.3, 0.4) is 0 Å². The first kappa shape index (κ1) is 15.2. The quantitative estimate of drug-likeness (QED) is 0.777. The molecule has 0 saturated heterocycles. The van der Waals surface area contributed by atoms with Gasteiger partial charge in [0, 0.05) is 12.0 Å². The highest BCUT2D eigenvalue weighted by Gasteiger charge is 2.11. The maximum Gasteiger partial charge on any atom is 0.143 e. The van der Waals surface area contributed by atoms with Crippen LogP contribution in [-0.2, 0) is 6.42 Å². The first-order valence-electron chi connectivity index (χ1n) is 6.48. The van der Waals surface area contributed by atoms with Crippen molar-refractivity contribution in [2.24, 2.45) is 0 Å². The number of hydrogen-bond acceptors (Lipinski definition) is 3. The first-order chi connectivity index (χ1) is 9.69. The first-order valence-corrected chi connectivity index (χ1v) is 6.48. The van der Waals surface area contributed by atoms with Gasteiger partial charge in [0.05, 0.1) is 12.6 Å². The van der Waals surface area contributed by atoms with Crippen molar-refractivity contribution in [3.8, 4) is 11.5 Å². The molecule has 0 radical (unpaired) electrons. The maximum absolute atomic E-state index is 9.87. The van der Waals surface area contributed by atoms with Gasteiger partial charge in [-0.05, 0) is 24.6 Å². The lowest BCUT2D eigenvalue weighted by Gasteiger charge is -2.05. The highest BCUT2D eigenvalue weighted by molar-refractivity contribution is 5.85. The third kappa shape index (κ3) is 2.81. The van der Waals surface area contributed by atoms with Crippen molar-refractivity contribution in [2.75, 3.05) is 7.11 Å². The molecular weight excluding hydrogens is 288 g/mol. The van der Waals surface area contributed by atoms with E-state index < -0.39 is 0 Å². The van der Waals surface area contributed by atoms with Gasteiger partial charge in [-0.15, -0.1) is 12.4 Å². The monoisotopic (exact) mass is 304 g/mol. The summed E-state index contributed by atoms with van der Waals surface area (Å²) in [5, 5.41) is 9.87. The van der Waals surface area contributed by atoms with Crippen LogP contribution in [0.5, 0.6) is 11.5 Å². The number of aromatic hydroxyl groups is 1. The number of nitrogens with one attached hydrogen (secondary N) is 1. The number of fused-ring (bicyclic) bond motifs is 1. The normalized spacial score (nSPS) is 10.4. The number of phenolic OH excluding ortho intramolecular Hbond substituents is 1.